The zero-order valence-corrected chi connectivity index (χ0v) is 11.2. The predicted octanol–water partition coefficient (Wildman–Crippen LogP) is 4.36. The summed E-state index contributed by atoms with van der Waals surface area (Å²) in [5.41, 5.74) is -0.721. The number of rotatable bonds is 4. The highest BCUT2D eigenvalue weighted by atomic mass is 19.4. The Morgan fingerprint density at radius 3 is 2.33 bits per heavy atom. The highest BCUT2D eigenvalue weighted by molar-refractivity contribution is 5.43. The molecule has 1 N–H and O–H groups in total. The van der Waals surface area contributed by atoms with Crippen molar-refractivity contribution in [2.45, 2.75) is 12.7 Å². The third-order valence-electron chi connectivity index (χ3n) is 2.84. The minimum absolute atomic E-state index is 0.0565. The molecule has 21 heavy (non-hydrogen) atoms. The number of halogens is 4. The molecule has 0 aliphatic heterocycles. The van der Waals surface area contributed by atoms with Gasteiger partial charge in [0.15, 0.2) is 0 Å². The van der Waals surface area contributed by atoms with Crippen molar-refractivity contribution in [3.63, 3.8) is 0 Å². The molecule has 0 aliphatic carbocycles. The highest BCUT2D eigenvalue weighted by Gasteiger charge is 2.34. The zero-order valence-electron chi connectivity index (χ0n) is 11.2. The van der Waals surface area contributed by atoms with Gasteiger partial charge in [-0.1, -0.05) is 18.2 Å². The lowest BCUT2D eigenvalue weighted by molar-refractivity contribution is -0.138. The van der Waals surface area contributed by atoms with Gasteiger partial charge in [-0.3, -0.25) is 0 Å². The maximum Gasteiger partial charge on any atom is 0.419 e. The number of ether oxygens (including phenoxy) is 1. The molecule has 0 aliphatic rings. The van der Waals surface area contributed by atoms with E-state index in [0.717, 1.165) is 6.07 Å². The molecule has 0 radical (unpaired) electrons. The van der Waals surface area contributed by atoms with Gasteiger partial charge in [0.05, 0.1) is 5.56 Å². The molecular weight excluding hydrogens is 286 g/mol. The Morgan fingerprint density at radius 2 is 1.67 bits per heavy atom. The van der Waals surface area contributed by atoms with E-state index in [-0.39, 0.29) is 23.6 Å². The second-order valence-corrected chi connectivity index (χ2v) is 4.34. The van der Waals surface area contributed by atoms with E-state index in [4.69, 9.17) is 4.74 Å². The fraction of sp³-hybridized carbons (Fsp3) is 0.200. The molecule has 0 amide bonds. The number of benzene rings is 2. The molecule has 0 atom stereocenters. The number of hydrogen-bond donors (Lipinski definition) is 1. The van der Waals surface area contributed by atoms with Crippen LogP contribution in [-0.4, -0.2) is 7.05 Å². The summed E-state index contributed by atoms with van der Waals surface area (Å²) in [6.07, 6.45) is -4.53. The van der Waals surface area contributed by atoms with Gasteiger partial charge in [0.1, 0.15) is 17.3 Å². The van der Waals surface area contributed by atoms with E-state index >= 15 is 0 Å². The molecule has 0 heterocycles. The largest absolute Gasteiger partial charge is 0.456 e. The van der Waals surface area contributed by atoms with Crippen LogP contribution in [0.5, 0.6) is 11.5 Å². The molecule has 0 aromatic heterocycles. The molecular formula is C15H13F4NO. The van der Waals surface area contributed by atoms with Crippen LogP contribution in [0, 0.1) is 5.82 Å². The van der Waals surface area contributed by atoms with Gasteiger partial charge in [-0.05, 0) is 31.3 Å². The molecule has 2 nitrogen and oxygen atoms in total. The first-order valence-electron chi connectivity index (χ1n) is 6.19. The van der Waals surface area contributed by atoms with Crippen LogP contribution in [0.3, 0.4) is 0 Å². The SMILES string of the molecule is CNCc1c(F)cccc1Oc1ccccc1C(F)(F)F. The van der Waals surface area contributed by atoms with Crippen LogP contribution in [0.2, 0.25) is 0 Å². The van der Waals surface area contributed by atoms with E-state index in [1.54, 1.807) is 7.05 Å². The van der Waals surface area contributed by atoms with Crippen molar-refractivity contribution >= 4 is 0 Å². The first kappa shape index (κ1) is 15.3. The van der Waals surface area contributed by atoms with Gasteiger partial charge in [-0.15, -0.1) is 0 Å². The average Bonchev–Trinajstić information content (AvgIpc) is 2.42. The third-order valence-corrected chi connectivity index (χ3v) is 2.84. The Morgan fingerprint density at radius 1 is 1.00 bits per heavy atom. The molecule has 6 heteroatoms. The smallest absolute Gasteiger partial charge is 0.419 e. The Hall–Kier alpha value is -2.08. The third kappa shape index (κ3) is 3.52. The topological polar surface area (TPSA) is 21.3 Å². The van der Waals surface area contributed by atoms with Crippen molar-refractivity contribution in [3.05, 3.63) is 59.4 Å². The van der Waals surface area contributed by atoms with Crippen LogP contribution in [0.25, 0.3) is 0 Å². The number of hydrogen-bond acceptors (Lipinski definition) is 2. The average molecular weight is 299 g/mol. The van der Waals surface area contributed by atoms with Crippen LogP contribution in [0.15, 0.2) is 42.5 Å². The molecule has 2 rings (SSSR count). The van der Waals surface area contributed by atoms with E-state index in [1.807, 2.05) is 0 Å². The Labute approximate surface area is 119 Å². The van der Waals surface area contributed by atoms with Crippen molar-refractivity contribution in [3.8, 4) is 11.5 Å². The predicted molar refractivity (Wildman–Crippen MR) is 70.7 cm³/mol. The van der Waals surface area contributed by atoms with Gasteiger partial charge in [-0.25, -0.2) is 4.39 Å². The molecule has 0 saturated heterocycles. The van der Waals surface area contributed by atoms with Crippen molar-refractivity contribution in [2.24, 2.45) is 0 Å². The number of nitrogens with one attached hydrogen (secondary N) is 1. The quantitative estimate of drug-likeness (QED) is 0.847. The summed E-state index contributed by atoms with van der Waals surface area (Å²) in [5, 5.41) is 2.75. The standard InChI is InChI=1S/C15H13F4NO/c1-20-9-10-12(16)6-4-8-13(10)21-14-7-3-2-5-11(14)15(17,18)19/h2-8,20H,9H2,1H3. The highest BCUT2D eigenvalue weighted by Crippen LogP contribution is 2.38. The second-order valence-electron chi connectivity index (χ2n) is 4.34. The van der Waals surface area contributed by atoms with E-state index in [0.29, 0.717) is 0 Å². The van der Waals surface area contributed by atoms with E-state index < -0.39 is 17.6 Å². The van der Waals surface area contributed by atoms with Crippen LogP contribution < -0.4 is 10.1 Å². The first-order valence-corrected chi connectivity index (χ1v) is 6.19. The van der Waals surface area contributed by atoms with Crippen LogP contribution in [0.4, 0.5) is 17.6 Å². The normalized spacial score (nSPS) is 11.5. The summed E-state index contributed by atoms with van der Waals surface area (Å²) < 4.78 is 57.8. The van der Waals surface area contributed by atoms with Gasteiger partial charge in [0, 0.05) is 12.1 Å². The van der Waals surface area contributed by atoms with Gasteiger partial charge in [0.2, 0.25) is 0 Å². The lowest BCUT2D eigenvalue weighted by atomic mass is 10.1. The molecule has 112 valence electrons. The van der Waals surface area contributed by atoms with Crippen LogP contribution in [-0.2, 0) is 12.7 Å². The summed E-state index contributed by atoms with van der Waals surface area (Å²) in [7, 11) is 1.61. The van der Waals surface area contributed by atoms with Gasteiger partial charge in [0.25, 0.3) is 0 Å². The molecule has 2 aromatic rings. The van der Waals surface area contributed by atoms with E-state index in [9.17, 15) is 17.6 Å². The molecule has 2 aromatic carbocycles. The molecule has 0 saturated carbocycles. The second kappa shape index (κ2) is 6.13. The molecule has 0 fully saturated rings. The maximum atomic E-state index is 13.7. The van der Waals surface area contributed by atoms with E-state index in [2.05, 4.69) is 5.32 Å². The zero-order chi connectivity index (χ0) is 15.5. The Bertz CT molecular complexity index is 625. The lowest BCUT2D eigenvalue weighted by Gasteiger charge is -2.16. The lowest BCUT2D eigenvalue weighted by Crippen LogP contribution is -2.10. The van der Waals surface area contributed by atoms with Crippen LogP contribution in [0.1, 0.15) is 11.1 Å². The fourth-order valence-electron chi connectivity index (χ4n) is 1.89. The maximum absolute atomic E-state index is 13.7. The van der Waals surface area contributed by atoms with Crippen molar-refractivity contribution in [1.82, 2.24) is 5.32 Å². The summed E-state index contributed by atoms with van der Waals surface area (Å²) in [6, 6.07) is 8.89. The summed E-state index contributed by atoms with van der Waals surface area (Å²) in [6.45, 7) is 0.149. The van der Waals surface area contributed by atoms with Gasteiger partial charge in [-0.2, -0.15) is 13.2 Å². The summed E-state index contributed by atoms with van der Waals surface area (Å²) in [5.74, 6) is -0.833. The minimum atomic E-state index is -4.53. The van der Waals surface area contributed by atoms with E-state index in [1.165, 1.54) is 36.4 Å². The van der Waals surface area contributed by atoms with Crippen molar-refractivity contribution < 1.29 is 22.3 Å². The minimum Gasteiger partial charge on any atom is -0.456 e. The van der Waals surface area contributed by atoms with Crippen molar-refractivity contribution in [2.75, 3.05) is 7.05 Å². The Kier molecular flexibility index (Phi) is 4.47. The molecule has 0 bridgehead atoms. The van der Waals surface area contributed by atoms with Gasteiger partial charge < -0.3 is 10.1 Å². The molecule has 0 spiro atoms. The fourth-order valence-corrected chi connectivity index (χ4v) is 1.89. The van der Waals surface area contributed by atoms with Crippen LogP contribution >= 0.6 is 0 Å². The molecule has 0 unspecified atom stereocenters. The van der Waals surface area contributed by atoms with Gasteiger partial charge >= 0.3 is 6.18 Å². The van der Waals surface area contributed by atoms with Crippen molar-refractivity contribution in [1.29, 1.82) is 0 Å². The summed E-state index contributed by atoms with van der Waals surface area (Å²) >= 11 is 0. The number of alkyl halides is 3. The number of para-hydroxylation sites is 1. The Balaban J connectivity index is 2.42. The monoisotopic (exact) mass is 299 g/mol. The summed E-state index contributed by atoms with van der Waals surface area (Å²) in [4.78, 5) is 0. The first-order chi connectivity index (χ1) is 9.93.